The van der Waals surface area contributed by atoms with Gasteiger partial charge in [0.2, 0.25) is 0 Å². The van der Waals surface area contributed by atoms with Crippen molar-refractivity contribution in [2.45, 2.75) is 51.5 Å². The quantitative estimate of drug-likeness (QED) is 0.160. The second kappa shape index (κ2) is 13.7. The Hall–Kier alpha value is -4.11. The molecule has 6 aromatic rings. The molecule has 1 atom stereocenters. The van der Waals surface area contributed by atoms with Crippen molar-refractivity contribution in [3.05, 3.63) is 131 Å². The molecular formula is C36H37BrN6O. The maximum Gasteiger partial charge on any atom is 0.130 e. The van der Waals surface area contributed by atoms with Crippen LogP contribution in [-0.4, -0.2) is 31.9 Å². The van der Waals surface area contributed by atoms with E-state index in [9.17, 15) is 0 Å². The molecule has 1 aliphatic carbocycles. The highest BCUT2D eigenvalue weighted by Gasteiger charge is 2.28. The Morgan fingerprint density at radius 1 is 0.864 bits per heavy atom. The summed E-state index contributed by atoms with van der Waals surface area (Å²) in [6, 6.07) is 31.9. The summed E-state index contributed by atoms with van der Waals surface area (Å²) in [5.74, 6) is 1.85. The van der Waals surface area contributed by atoms with Gasteiger partial charge in [0.25, 0.3) is 0 Å². The smallest absolute Gasteiger partial charge is 0.130 e. The van der Waals surface area contributed by atoms with E-state index < -0.39 is 0 Å². The molecule has 7 rings (SSSR count). The third kappa shape index (κ3) is 6.53. The number of rotatable bonds is 10. The number of imidazole rings is 1. The number of benzene rings is 3. The van der Waals surface area contributed by atoms with Gasteiger partial charge in [-0.3, -0.25) is 14.9 Å². The summed E-state index contributed by atoms with van der Waals surface area (Å²) in [6.45, 7) is 3.00. The van der Waals surface area contributed by atoms with Gasteiger partial charge in [0.15, 0.2) is 0 Å². The monoisotopic (exact) mass is 648 g/mol. The number of hydrogen-bond donors (Lipinski definition) is 2. The van der Waals surface area contributed by atoms with Crippen molar-refractivity contribution in [3.8, 4) is 5.75 Å². The Labute approximate surface area is 268 Å². The first kappa shape index (κ1) is 29.9. The molecule has 1 aliphatic rings. The molecule has 0 saturated carbocycles. The van der Waals surface area contributed by atoms with Gasteiger partial charge in [-0.25, -0.2) is 4.98 Å². The van der Waals surface area contributed by atoms with E-state index in [1.54, 1.807) is 7.11 Å². The second-order valence-electron chi connectivity index (χ2n) is 11.3. The van der Waals surface area contributed by atoms with E-state index >= 15 is 0 Å². The van der Waals surface area contributed by atoms with E-state index in [1.807, 2.05) is 42.6 Å². The maximum absolute atomic E-state index is 5.61. The van der Waals surface area contributed by atoms with Crippen LogP contribution in [0.5, 0.6) is 5.75 Å². The summed E-state index contributed by atoms with van der Waals surface area (Å²) < 4.78 is 5.61. The first-order chi connectivity index (χ1) is 21.2. The Kier molecular flexibility index (Phi) is 9.31. The average Bonchev–Trinajstić information content (AvgIpc) is 3.47. The number of aromatic nitrogens is 4. The molecule has 7 nitrogen and oxygen atoms in total. The molecule has 3 aromatic heterocycles. The van der Waals surface area contributed by atoms with Crippen molar-refractivity contribution in [2.24, 2.45) is 0 Å². The van der Waals surface area contributed by atoms with Crippen molar-refractivity contribution >= 4 is 38.9 Å². The number of methoxy groups -OCH3 is 1. The molecule has 0 bridgehead atoms. The molecule has 0 amide bonds. The number of pyridine rings is 2. The summed E-state index contributed by atoms with van der Waals surface area (Å²) in [7, 11) is 1.71. The molecule has 3 heterocycles. The van der Waals surface area contributed by atoms with Gasteiger partial charge in [-0.15, -0.1) is 17.0 Å². The van der Waals surface area contributed by atoms with Crippen molar-refractivity contribution in [2.75, 3.05) is 7.11 Å². The van der Waals surface area contributed by atoms with Gasteiger partial charge >= 0.3 is 0 Å². The number of nitrogens with one attached hydrogen (secondary N) is 2. The van der Waals surface area contributed by atoms with E-state index in [0.29, 0.717) is 6.54 Å². The van der Waals surface area contributed by atoms with Crippen LogP contribution in [0.4, 0.5) is 0 Å². The molecule has 8 heteroatoms. The van der Waals surface area contributed by atoms with Crippen molar-refractivity contribution in [3.63, 3.8) is 0 Å². The minimum absolute atomic E-state index is 0. The number of hydrogen-bond acceptors (Lipinski definition) is 6. The van der Waals surface area contributed by atoms with Gasteiger partial charge in [0.05, 0.1) is 47.6 Å². The molecule has 3 aromatic carbocycles. The standard InChI is InChI=1S/C36H36N6O.BrH/c1-43-34-20-28(39-30-11-3-2-10-29(30)34)22-37-21-25-15-17-26(18-16-25)23-42(24-35-40-31-12-4-5-13-32(31)41-35)33-14-6-8-27-9-7-19-38-36(27)33;/h2-5,7,9-13,15-20,33,37H,6,8,14,21-24H2,1H3,(H,40,41);1H. The summed E-state index contributed by atoms with van der Waals surface area (Å²) in [5.41, 5.74) is 9.11. The molecule has 44 heavy (non-hydrogen) atoms. The van der Waals surface area contributed by atoms with Crippen molar-refractivity contribution in [1.82, 2.24) is 30.2 Å². The number of para-hydroxylation sites is 3. The van der Waals surface area contributed by atoms with Crippen LogP contribution < -0.4 is 10.1 Å². The number of aryl methyl sites for hydroxylation is 1. The summed E-state index contributed by atoms with van der Waals surface area (Å²) in [5, 5.41) is 4.59. The van der Waals surface area contributed by atoms with Crippen LogP contribution in [0, 0.1) is 0 Å². The van der Waals surface area contributed by atoms with E-state index in [1.165, 1.54) is 28.8 Å². The predicted molar refractivity (Wildman–Crippen MR) is 181 cm³/mol. The lowest BCUT2D eigenvalue weighted by atomic mass is 9.90. The highest BCUT2D eigenvalue weighted by Crippen LogP contribution is 2.35. The van der Waals surface area contributed by atoms with E-state index in [-0.39, 0.29) is 23.0 Å². The normalized spacial score (nSPS) is 14.5. The summed E-state index contributed by atoms with van der Waals surface area (Å²) >= 11 is 0. The zero-order chi connectivity index (χ0) is 29.0. The Bertz CT molecular complexity index is 1820. The number of nitrogens with zero attached hydrogens (tertiary/aromatic N) is 4. The van der Waals surface area contributed by atoms with Crippen LogP contribution in [0.25, 0.3) is 21.9 Å². The third-order valence-electron chi connectivity index (χ3n) is 8.39. The SMILES string of the molecule is Br.COc1cc(CNCc2ccc(CN(Cc3nc4ccccc4[nH]3)C3CCCc4cccnc43)cc2)nc2ccccc12. The van der Waals surface area contributed by atoms with Gasteiger partial charge in [-0.05, 0) is 66.3 Å². The second-order valence-corrected chi connectivity index (χ2v) is 11.3. The van der Waals surface area contributed by atoms with Crippen LogP contribution in [0.1, 0.15) is 52.8 Å². The minimum Gasteiger partial charge on any atom is -0.496 e. The molecule has 224 valence electrons. The average molecular weight is 650 g/mol. The third-order valence-corrected chi connectivity index (χ3v) is 8.39. The van der Waals surface area contributed by atoms with E-state index in [2.05, 4.69) is 69.8 Å². The maximum atomic E-state index is 5.61. The van der Waals surface area contributed by atoms with Crippen LogP contribution in [0.2, 0.25) is 0 Å². The Balaban J connectivity index is 0.00000343. The fourth-order valence-corrected chi connectivity index (χ4v) is 6.28. The number of ether oxygens (including phenoxy) is 1. The lowest BCUT2D eigenvalue weighted by Crippen LogP contribution is -2.31. The molecule has 1 unspecified atom stereocenters. The van der Waals surface area contributed by atoms with Gasteiger partial charge < -0.3 is 15.0 Å². The first-order valence-electron chi connectivity index (χ1n) is 15.1. The number of aromatic amines is 1. The lowest BCUT2D eigenvalue weighted by molar-refractivity contribution is 0.153. The van der Waals surface area contributed by atoms with E-state index in [4.69, 9.17) is 19.7 Å². The Morgan fingerprint density at radius 2 is 1.66 bits per heavy atom. The minimum atomic E-state index is 0. The molecule has 0 aliphatic heterocycles. The molecule has 0 fully saturated rings. The number of H-pyrrole nitrogens is 1. The molecule has 2 N–H and O–H groups in total. The zero-order valence-electron chi connectivity index (χ0n) is 24.9. The zero-order valence-corrected chi connectivity index (χ0v) is 26.6. The summed E-state index contributed by atoms with van der Waals surface area (Å²) in [4.78, 5) is 20.7. The number of fused-ring (bicyclic) bond motifs is 3. The van der Waals surface area contributed by atoms with Gasteiger partial charge in [0.1, 0.15) is 11.6 Å². The highest BCUT2D eigenvalue weighted by molar-refractivity contribution is 8.93. The van der Waals surface area contributed by atoms with Crippen LogP contribution in [0.3, 0.4) is 0 Å². The van der Waals surface area contributed by atoms with Gasteiger partial charge in [-0.2, -0.15) is 0 Å². The fraction of sp³-hybridized carbons (Fsp3) is 0.250. The largest absolute Gasteiger partial charge is 0.496 e. The van der Waals surface area contributed by atoms with Crippen LogP contribution >= 0.6 is 17.0 Å². The molecular weight excluding hydrogens is 612 g/mol. The van der Waals surface area contributed by atoms with Crippen molar-refractivity contribution in [1.29, 1.82) is 0 Å². The van der Waals surface area contributed by atoms with E-state index in [0.717, 1.165) is 71.7 Å². The number of halogens is 1. The van der Waals surface area contributed by atoms with Crippen molar-refractivity contribution < 1.29 is 4.74 Å². The Morgan fingerprint density at radius 3 is 2.50 bits per heavy atom. The molecule has 0 saturated heterocycles. The first-order valence-corrected chi connectivity index (χ1v) is 15.1. The van der Waals surface area contributed by atoms with Crippen LogP contribution in [-0.2, 0) is 32.6 Å². The molecule has 0 spiro atoms. The van der Waals surface area contributed by atoms with Crippen LogP contribution in [0.15, 0.2) is 97.2 Å². The fourth-order valence-electron chi connectivity index (χ4n) is 6.28. The lowest BCUT2D eigenvalue weighted by Gasteiger charge is -2.34. The van der Waals surface area contributed by atoms with Gasteiger partial charge in [0, 0.05) is 37.3 Å². The topological polar surface area (TPSA) is 79.0 Å². The summed E-state index contributed by atoms with van der Waals surface area (Å²) in [6.07, 6.45) is 5.30. The predicted octanol–water partition coefficient (Wildman–Crippen LogP) is 7.46. The molecule has 0 radical (unpaired) electrons. The highest BCUT2D eigenvalue weighted by atomic mass is 79.9. The van der Waals surface area contributed by atoms with Gasteiger partial charge in [-0.1, -0.05) is 54.6 Å².